The molecule has 5 rings (SSSR count). The van der Waals surface area contributed by atoms with Crippen molar-refractivity contribution in [3.8, 4) is 17.2 Å². The maximum atomic E-state index is 14.0. The molecule has 0 atom stereocenters. The monoisotopic (exact) mass is 586 g/mol. The molecule has 0 spiro atoms. The van der Waals surface area contributed by atoms with Gasteiger partial charge in [0.25, 0.3) is 5.91 Å². The van der Waals surface area contributed by atoms with E-state index >= 15 is 0 Å². The number of urea groups is 1. The molecule has 4 aromatic rings. The van der Waals surface area contributed by atoms with Crippen LogP contribution in [0.25, 0.3) is 0 Å². The van der Waals surface area contributed by atoms with Gasteiger partial charge in [-0.1, -0.05) is 6.07 Å². The summed E-state index contributed by atoms with van der Waals surface area (Å²) in [5.41, 5.74) is -0.669. The average molecular weight is 587 g/mol. The summed E-state index contributed by atoms with van der Waals surface area (Å²) in [5, 5.41) is 7.64. The molecule has 4 N–H and O–H groups in total. The number of anilines is 2. The first-order valence-electron chi connectivity index (χ1n) is 12.4. The van der Waals surface area contributed by atoms with E-state index in [1.165, 1.54) is 18.3 Å². The first-order chi connectivity index (χ1) is 20.1. The van der Waals surface area contributed by atoms with Crippen LogP contribution in [0.3, 0.4) is 0 Å². The third-order valence-corrected chi connectivity index (χ3v) is 5.75. The summed E-state index contributed by atoms with van der Waals surface area (Å²) in [7, 11) is 0. The molecule has 0 saturated carbocycles. The minimum atomic E-state index is -4.50. The van der Waals surface area contributed by atoms with Gasteiger partial charge in [-0.05, 0) is 42.8 Å². The van der Waals surface area contributed by atoms with Gasteiger partial charge in [0.05, 0.1) is 5.56 Å². The minimum Gasteiger partial charge on any atom is -0.457 e. The number of pyridine rings is 1. The number of imidazole rings is 1. The van der Waals surface area contributed by atoms with E-state index in [0.717, 1.165) is 24.0 Å². The SMILES string of the molecule is O=C(Nc1cccc(Oc2ccnc(C(=O)NCCCc3ncc[nH]3)c2)c1)Nc1ccc2c(c1)C(F)(F)OC(F)(F)O2. The zero-order chi connectivity index (χ0) is 29.7. The van der Waals surface area contributed by atoms with Crippen LogP contribution in [0.2, 0.25) is 0 Å². The molecule has 2 aromatic carbocycles. The number of hydrogen-bond acceptors (Lipinski definition) is 7. The predicted octanol–water partition coefficient (Wildman–Crippen LogP) is 5.61. The molecule has 1 aliphatic rings. The number of fused-ring (bicyclic) bond motifs is 1. The van der Waals surface area contributed by atoms with Crippen LogP contribution in [0, 0.1) is 0 Å². The highest BCUT2D eigenvalue weighted by molar-refractivity contribution is 6.00. The van der Waals surface area contributed by atoms with Gasteiger partial charge in [0.15, 0.2) is 0 Å². The van der Waals surface area contributed by atoms with E-state index < -0.39 is 29.7 Å². The van der Waals surface area contributed by atoms with E-state index in [-0.39, 0.29) is 23.0 Å². The number of nitrogens with zero attached hydrogens (tertiary/aromatic N) is 2. The van der Waals surface area contributed by atoms with Gasteiger partial charge in [-0.2, -0.15) is 8.78 Å². The van der Waals surface area contributed by atoms with E-state index in [2.05, 4.69) is 40.4 Å². The quantitative estimate of drug-likeness (QED) is 0.148. The minimum absolute atomic E-state index is 0.126. The fraction of sp³-hybridized carbons (Fsp3) is 0.185. The van der Waals surface area contributed by atoms with Crippen molar-refractivity contribution in [3.63, 3.8) is 0 Å². The molecule has 0 aliphatic carbocycles. The summed E-state index contributed by atoms with van der Waals surface area (Å²) in [4.78, 5) is 36.2. The number of amides is 3. The number of carbonyl (C=O) groups is 2. The van der Waals surface area contributed by atoms with Gasteiger partial charge in [0.1, 0.15) is 28.8 Å². The van der Waals surface area contributed by atoms with Crippen LogP contribution in [0.4, 0.5) is 33.7 Å². The Balaban J connectivity index is 1.16. The normalized spacial score (nSPS) is 14.7. The highest BCUT2D eigenvalue weighted by Crippen LogP contribution is 2.46. The molecule has 2 aromatic heterocycles. The second-order valence-corrected chi connectivity index (χ2v) is 8.88. The highest BCUT2D eigenvalue weighted by atomic mass is 19.3. The first-order valence-corrected chi connectivity index (χ1v) is 12.4. The first kappa shape index (κ1) is 28.4. The number of nitrogens with one attached hydrogen (secondary N) is 4. The van der Waals surface area contributed by atoms with Crippen molar-refractivity contribution in [3.05, 3.63) is 90.3 Å². The van der Waals surface area contributed by atoms with Crippen LogP contribution in [-0.2, 0) is 17.3 Å². The summed E-state index contributed by atoms with van der Waals surface area (Å²) >= 11 is 0. The molecular formula is C27H22F4N6O5. The Labute approximate surface area is 235 Å². The van der Waals surface area contributed by atoms with Gasteiger partial charge in [0.2, 0.25) is 0 Å². The Bertz CT molecular complexity index is 1580. The van der Waals surface area contributed by atoms with E-state index in [0.29, 0.717) is 30.9 Å². The summed E-state index contributed by atoms with van der Waals surface area (Å²) < 4.78 is 67.8. The van der Waals surface area contributed by atoms with E-state index in [4.69, 9.17) is 4.74 Å². The zero-order valence-corrected chi connectivity index (χ0v) is 21.5. The van der Waals surface area contributed by atoms with E-state index in [1.807, 2.05) is 0 Å². The maximum Gasteiger partial charge on any atom is 0.540 e. The lowest BCUT2D eigenvalue weighted by Gasteiger charge is -2.30. The number of aromatic amines is 1. The lowest BCUT2D eigenvalue weighted by molar-refractivity contribution is -0.461. The molecule has 3 heterocycles. The Hall–Kier alpha value is -5.18. The smallest absolute Gasteiger partial charge is 0.457 e. The zero-order valence-electron chi connectivity index (χ0n) is 21.5. The second-order valence-electron chi connectivity index (χ2n) is 8.88. The topological polar surface area (TPSA) is 139 Å². The van der Waals surface area contributed by atoms with Crippen molar-refractivity contribution in [2.45, 2.75) is 25.2 Å². The number of alkyl halides is 4. The van der Waals surface area contributed by atoms with Gasteiger partial charge >= 0.3 is 18.4 Å². The summed E-state index contributed by atoms with van der Waals surface area (Å²) in [5.74, 6) is 0.299. The predicted molar refractivity (Wildman–Crippen MR) is 140 cm³/mol. The molecule has 218 valence electrons. The number of ether oxygens (including phenoxy) is 3. The molecule has 3 amide bonds. The molecule has 0 fully saturated rings. The molecule has 15 heteroatoms. The Morgan fingerprint density at radius 1 is 0.929 bits per heavy atom. The van der Waals surface area contributed by atoms with E-state index in [1.54, 1.807) is 36.7 Å². The van der Waals surface area contributed by atoms with Gasteiger partial charge < -0.3 is 30.4 Å². The maximum absolute atomic E-state index is 14.0. The Morgan fingerprint density at radius 3 is 2.50 bits per heavy atom. The number of aromatic nitrogens is 3. The lowest BCUT2D eigenvalue weighted by atomic mass is 10.1. The van der Waals surface area contributed by atoms with Crippen LogP contribution in [0.15, 0.2) is 73.2 Å². The van der Waals surface area contributed by atoms with Gasteiger partial charge in [-0.15, -0.1) is 8.78 Å². The summed E-state index contributed by atoms with van der Waals surface area (Å²) in [6.07, 6.45) is -2.67. The third kappa shape index (κ3) is 7.11. The van der Waals surface area contributed by atoms with Crippen LogP contribution >= 0.6 is 0 Å². The number of carbonyl (C=O) groups excluding carboxylic acids is 2. The van der Waals surface area contributed by atoms with Gasteiger partial charge in [-0.3, -0.25) is 9.78 Å². The average Bonchev–Trinajstić information content (AvgIpc) is 3.44. The fourth-order valence-electron chi connectivity index (χ4n) is 3.93. The number of hydrogen-bond donors (Lipinski definition) is 4. The van der Waals surface area contributed by atoms with Crippen molar-refractivity contribution in [2.75, 3.05) is 17.2 Å². The molecule has 0 bridgehead atoms. The lowest BCUT2D eigenvalue weighted by Crippen LogP contribution is -2.41. The molecule has 0 saturated heterocycles. The van der Waals surface area contributed by atoms with Gasteiger partial charge in [0, 0.05) is 55.1 Å². The summed E-state index contributed by atoms with van der Waals surface area (Å²) in [6.45, 7) is 0.424. The van der Waals surface area contributed by atoms with Crippen molar-refractivity contribution in [2.24, 2.45) is 0 Å². The van der Waals surface area contributed by atoms with Crippen LogP contribution in [-0.4, -0.2) is 39.7 Å². The number of H-pyrrole nitrogens is 1. The molecule has 0 unspecified atom stereocenters. The fourth-order valence-corrected chi connectivity index (χ4v) is 3.93. The Morgan fingerprint density at radius 2 is 1.71 bits per heavy atom. The van der Waals surface area contributed by atoms with Crippen LogP contribution < -0.4 is 25.4 Å². The van der Waals surface area contributed by atoms with Crippen LogP contribution in [0.1, 0.15) is 28.3 Å². The van der Waals surface area contributed by atoms with Crippen molar-refractivity contribution in [1.29, 1.82) is 0 Å². The molecule has 1 aliphatic heterocycles. The largest absolute Gasteiger partial charge is 0.540 e. The number of benzene rings is 2. The number of halogens is 4. The molecular weight excluding hydrogens is 564 g/mol. The highest BCUT2D eigenvalue weighted by Gasteiger charge is 2.54. The molecule has 0 radical (unpaired) electrons. The van der Waals surface area contributed by atoms with E-state index in [9.17, 15) is 27.2 Å². The van der Waals surface area contributed by atoms with Gasteiger partial charge in [-0.25, -0.2) is 14.5 Å². The second kappa shape index (κ2) is 11.7. The van der Waals surface area contributed by atoms with Crippen molar-refractivity contribution in [1.82, 2.24) is 20.3 Å². The van der Waals surface area contributed by atoms with Crippen molar-refractivity contribution >= 4 is 23.3 Å². The van der Waals surface area contributed by atoms with Crippen molar-refractivity contribution < 1.29 is 41.4 Å². The van der Waals surface area contributed by atoms with Crippen LogP contribution in [0.5, 0.6) is 17.2 Å². The molecule has 42 heavy (non-hydrogen) atoms. The molecule has 11 nitrogen and oxygen atoms in total. The standard InChI is InChI=1S/C27H22F4N6O5/c28-26(29)20-14-17(6-7-22(20)41-27(30,31)42-26)37-25(39)36-16-3-1-4-18(13-16)40-19-8-10-32-21(15-19)24(38)35-9-2-5-23-33-11-12-34-23/h1,3-4,6-8,10-15H,2,5,9H2,(H,33,34)(H,35,38)(H2,36,37,39). The Kier molecular flexibility index (Phi) is 7.93. The number of aryl methyl sites for hydroxylation is 1. The third-order valence-electron chi connectivity index (χ3n) is 5.75. The number of rotatable bonds is 9. The summed E-state index contributed by atoms with van der Waals surface area (Å²) in [6, 6.07) is 11.2.